The van der Waals surface area contributed by atoms with Gasteiger partial charge in [-0.05, 0) is 27.7 Å². The normalized spacial score (nSPS) is 12.2. The van der Waals surface area contributed by atoms with E-state index in [-0.39, 0.29) is 11.3 Å². The number of aryl methyl sites for hydroxylation is 1. The Morgan fingerprint density at radius 2 is 2.08 bits per heavy atom. The molecule has 0 fully saturated rings. The first-order chi connectivity index (χ1) is 11.3. The molecular formula is C14H19N5O3S2. The van der Waals surface area contributed by atoms with Crippen molar-refractivity contribution in [3.63, 3.8) is 0 Å². The molecule has 0 bridgehead atoms. The van der Waals surface area contributed by atoms with Crippen molar-refractivity contribution in [3.8, 4) is 0 Å². The van der Waals surface area contributed by atoms with Crippen molar-refractivity contribution in [2.75, 3.05) is 0 Å². The molecule has 24 heavy (non-hydrogen) atoms. The van der Waals surface area contributed by atoms with Crippen LogP contribution in [-0.4, -0.2) is 38.4 Å². The number of urea groups is 1. The molecule has 2 rings (SSSR count). The molecule has 0 saturated carbocycles. The molecular weight excluding hydrogens is 350 g/mol. The molecule has 0 saturated heterocycles. The Labute approximate surface area is 147 Å². The van der Waals surface area contributed by atoms with Gasteiger partial charge in [-0.25, -0.2) is 9.78 Å². The van der Waals surface area contributed by atoms with Gasteiger partial charge >= 0.3 is 6.03 Å². The fraction of sp³-hybridized carbons (Fsp3) is 0.500. The number of thioether (sulfide) groups is 1. The third kappa shape index (κ3) is 5.60. The van der Waals surface area contributed by atoms with Crippen LogP contribution in [0.4, 0.5) is 4.79 Å². The summed E-state index contributed by atoms with van der Waals surface area (Å²) in [5, 5.41) is 15.4. The van der Waals surface area contributed by atoms with Gasteiger partial charge in [0.05, 0.1) is 22.4 Å². The molecule has 2 aromatic rings. The van der Waals surface area contributed by atoms with E-state index in [1.54, 1.807) is 18.3 Å². The van der Waals surface area contributed by atoms with Crippen molar-refractivity contribution in [2.45, 2.75) is 50.6 Å². The summed E-state index contributed by atoms with van der Waals surface area (Å²) in [6, 6.07) is -0.568. The molecule has 1 atom stereocenters. The van der Waals surface area contributed by atoms with Crippen molar-refractivity contribution >= 4 is 35.0 Å². The van der Waals surface area contributed by atoms with Gasteiger partial charge in [0.25, 0.3) is 5.22 Å². The highest BCUT2D eigenvalue weighted by atomic mass is 32.2. The quantitative estimate of drug-likeness (QED) is 0.751. The van der Waals surface area contributed by atoms with E-state index in [4.69, 9.17) is 4.42 Å². The molecule has 0 aliphatic heterocycles. The second kappa shape index (κ2) is 8.25. The predicted molar refractivity (Wildman–Crippen MR) is 91.1 cm³/mol. The third-order valence-electron chi connectivity index (χ3n) is 2.75. The van der Waals surface area contributed by atoms with Gasteiger partial charge < -0.3 is 9.73 Å². The minimum atomic E-state index is -0.544. The number of hydrogen-bond donors (Lipinski definition) is 2. The van der Waals surface area contributed by atoms with E-state index >= 15 is 0 Å². The smallest absolute Gasteiger partial charge is 0.321 e. The summed E-state index contributed by atoms with van der Waals surface area (Å²) < 4.78 is 5.51. The van der Waals surface area contributed by atoms with E-state index in [0.717, 1.165) is 22.5 Å². The monoisotopic (exact) mass is 369 g/mol. The number of amides is 3. The molecule has 2 heterocycles. The van der Waals surface area contributed by atoms with Crippen LogP contribution in [0.3, 0.4) is 0 Å². The molecule has 0 spiro atoms. The lowest BCUT2D eigenvalue weighted by Crippen LogP contribution is -2.45. The predicted octanol–water partition coefficient (Wildman–Crippen LogP) is 2.14. The molecule has 0 aromatic carbocycles. The Kier molecular flexibility index (Phi) is 6.32. The number of nitrogens with one attached hydrogen (secondary N) is 2. The van der Waals surface area contributed by atoms with Crippen LogP contribution >= 0.6 is 23.1 Å². The Morgan fingerprint density at radius 1 is 1.33 bits per heavy atom. The first-order valence-electron chi connectivity index (χ1n) is 7.35. The Morgan fingerprint density at radius 3 is 2.71 bits per heavy atom. The number of thiazole rings is 1. The molecule has 0 unspecified atom stereocenters. The summed E-state index contributed by atoms with van der Waals surface area (Å²) in [4.78, 5) is 27.8. The zero-order chi connectivity index (χ0) is 17.7. The second-order valence-electron chi connectivity index (χ2n) is 5.37. The zero-order valence-corrected chi connectivity index (χ0v) is 15.5. The average molecular weight is 369 g/mol. The van der Waals surface area contributed by atoms with E-state index < -0.39 is 17.2 Å². The molecule has 10 heteroatoms. The van der Waals surface area contributed by atoms with Crippen LogP contribution in [0.15, 0.2) is 15.0 Å². The first-order valence-corrected chi connectivity index (χ1v) is 9.11. The molecule has 2 N–H and O–H groups in total. The molecule has 130 valence electrons. The average Bonchev–Trinajstić information content (AvgIpc) is 3.07. The number of imide groups is 1. The van der Waals surface area contributed by atoms with Gasteiger partial charge in [-0.1, -0.05) is 11.8 Å². The molecule has 2 aromatic heterocycles. The summed E-state index contributed by atoms with van der Waals surface area (Å²) in [7, 11) is 0. The lowest BCUT2D eigenvalue weighted by atomic mass is 10.3. The van der Waals surface area contributed by atoms with Crippen LogP contribution in [0.25, 0.3) is 0 Å². The van der Waals surface area contributed by atoms with Crippen molar-refractivity contribution < 1.29 is 14.0 Å². The standard InChI is InChI=1S/C14H19N5O3S2/c1-7(2)15-13(21)17-12(20)8(3)24-14-19-18-11(22-14)5-10-6-23-9(4)16-10/h6-8H,5H2,1-4H3,(H2,15,17,20,21)/t8-/m1/s1. The van der Waals surface area contributed by atoms with E-state index in [1.165, 1.54) is 0 Å². The van der Waals surface area contributed by atoms with E-state index in [2.05, 4.69) is 25.8 Å². The largest absolute Gasteiger partial charge is 0.416 e. The SMILES string of the molecule is Cc1nc(Cc2nnc(S[C@H](C)C(=O)NC(=O)NC(C)C)o2)cs1. The molecule has 0 aliphatic carbocycles. The summed E-state index contributed by atoms with van der Waals surface area (Å²) in [5.74, 6) is 0.0148. The van der Waals surface area contributed by atoms with Crippen LogP contribution in [0.1, 0.15) is 37.4 Å². The number of rotatable bonds is 6. The number of aromatic nitrogens is 3. The van der Waals surface area contributed by atoms with Crippen molar-refractivity contribution in [2.24, 2.45) is 0 Å². The second-order valence-corrected chi connectivity index (χ2v) is 7.73. The van der Waals surface area contributed by atoms with Crippen molar-refractivity contribution in [3.05, 3.63) is 22.0 Å². The number of carbonyl (C=O) groups is 2. The van der Waals surface area contributed by atoms with Gasteiger partial charge in [0.15, 0.2) is 0 Å². The van der Waals surface area contributed by atoms with Crippen LogP contribution in [0.2, 0.25) is 0 Å². The van der Waals surface area contributed by atoms with E-state index in [9.17, 15) is 9.59 Å². The fourth-order valence-electron chi connectivity index (χ4n) is 1.72. The number of carbonyl (C=O) groups excluding carboxylic acids is 2. The Hall–Kier alpha value is -1.94. The van der Waals surface area contributed by atoms with Crippen LogP contribution < -0.4 is 10.6 Å². The maximum Gasteiger partial charge on any atom is 0.321 e. The topological polar surface area (TPSA) is 110 Å². The maximum absolute atomic E-state index is 11.9. The maximum atomic E-state index is 11.9. The summed E-state index contributed by atoms with van der Waals surface area (Å²) in [6.07, 6.45) is 0.454. The lowest BCUT2D eigenvalue weighted by Gasteiger charge is -2.11. The minimum absolute atomic E-state index is 0.0476. The fourth-order valence-corrected chi connectivity index (χ4v) is 3.03. The third-order valence-corrected chi connectivity index (χ3v) is 4.51. The number of hydrogen-bond acceptors (Lipinski definition) is 8. The highest BCUT2D eigenvalue weighted by Crippen LogP contribution is 2.23. The number of nitrogens with zero attached hydrogens (tertiary/aromatic N) is 3. The van der Waals surface area contributed by atoms with Crippen LogP contribution in [-0.2, 0) is 11.2 Å². The lowest BCUT2D eigenvalue weighted by molar-refractivity contribution is -0.119. The summed E-state index contributed by atoms with van der Waals surface area (Å²) >= 11 is 2.66. The molecule has 3 amide bonds. The van der Waals surface area contributed by atoms with Crippen molar-refractivity contribution in [1.29, 1.82) is 0 Å². The van der Waals surface area contributed by atoms with Crippen LogP contribution in [0.5, 0.6) is 0 Å². The van der Waals surface area contributed by atoms with Crippen molar-refractivity contribution in [1.82, 2.24) is 25.8 Å². The Bertz CT molecular complexity index is 713. The molecule has 0 aliphatic rings. The van der Waals surface area contributed by atoms with Gasteiger partial charge in [0, 0.05) is 11.4 Å². The molecule has 8 nitrogen and oxygen atoms in total. The van der Waals surface area contributed by atoms with Gasteiger partial charge in [-0.15, -0.1) is 21.5 Å². The highest BCUT2D eigenvalue weighted by molar-refractivity contribution is 8.00. The summed E-state index contributed by atoms with van der Waals surface area (Å²) in [5.41, 5.74) is 0.869. The molecule has 0 radical (unpaired) electrons. The summed E-state index contributed by atoms with van der Waals surface area (Å²) in [6.45, 7) is 7.22. The Balaban J connectivity index is 1.86. The highest BCUT2D eigenvalue weighted by Gasteiger charge is 2.20. The van der Waals surface area contributed by atoms with Crippen LogP contribution in [0, 0.1) is 6.92 Å². The van der Waals surface area contributed by atoms with Gasteiger partial charge in [-0.3, -0.25) is 10.1 Å². The van der Waals surface area contributed by atoms with Gasteiger partial charge in [0.1, 0.15) is 0 Å². The first kappa shape index (κ1) is 18.4. The van der Waals surface area contributed by atoms with E-state index in [1.807, 2.05) is 26.2 Å². The van der Waals surface area contributed by atoms with E-state index in [0.29, 0.717) is 12.3 Å². The van der Waals surface area contributed by atoms with Gasteiger partial charge in [0.2, 0.25) is 11.8 Å². The minimum Gasteiger partial charge on any atom is -0.416 e. The van der Waals surface area contributed by atoms with Gasteiger partial charge in [-0.2, -0.15) is 0 Å². The zero-order valence-electron chi connectivity index (χ0n) is 13.8.